The number of hydrogen-bond acceptors (Lipinski definition) is 4. The van der Waals surface area contributed by atoms with Gasteiger partial charge in [-0.15, -0.1) is 24.0 Å². The molecule has 0 amide bonds. The number of rotatable bonds is 7. The van der Waals surface area contributed by atoms with Crippen LogP contribution in [0.5, 0.6) is 5.75 Å². The molecule has 2 heterocycles. The zero-order chi connectivity index (χ0) is 19.1. The van der Waals surface area contributed by atoms with E-state index in [1.54, 1.807) is 18.4 Å². The van der Waals surface area contributed by atoms with E-state index in [4.69, 9.17) is 4.74 Å². The molecule has 1 aliphatic heterocycles. The normalized spacial score (nSPS) is 17.8. The Labute approximate surface area is 189 Å². The molecule has 1 aromatic heterocycles. The molecule has 1 saturated heterocycles. The predicted octanol–water partition coefficient (Wildman–Crippen LogP) is 4.17. The summed E-state index contributed by atoms with van der Waals surface area (Å²) < 4.78 is 5.51. The standard InChI is InChI=1S/C21H30N4OS.HI/c1-16(18-9-11-27-15-18)12-23-21(22-2)24-13-17-8-10-25(14-17)19-6-4-5-7-20(19)26-3;/h4-7,9,11,15-17H,8,10,12-14H2,1-3H3,(H2,22,23,24);1H. The highest BCUT2D eigenvalue weighted by atomic mass is 127. The molecule has 3 rings (SSSR count). The van der Waals surface area contributed by atoms with E-state index in [1.165, 1.54) is 17.7 Å². The van der Waals surface area contributed by atoms with Crippen LogP contribution in [0.3, 0.4) is 0 Å². The minimum Gasteiger partial charge on any atom is -0.495 e. The number of halogens is 1. The lowest BCUT2D eigenvalue weighted by Crippen LogP contribution is -2.41. The van der Waals surface area contributed by atoms with E-state index in [-0.39, 0.29) is 24.0 Å². The summed E-state index contributed by atoms with van der Waals surface area (Å²) in [6.45, 7) is 6.15. The summed E-state index contributed by atoms with van der Waals surface area (Å²) in [4.78, 5) is 6.79. The monoisotopic (exact) mass is 514 g/mol. The molecule has 2 N–H and O–H groups in total. The van der Waals surface area contributed by atoms with Gasteiger partial charge in [0.05, 0.1) is 12.8 Å². The van der Waals surface area contributed by atoms with Gasteiger partial charge < -0.3 is 20.3 Å². The summed E-state index contributed by atoms with van der Waals surface area (Å²) in [5.74, 6) is 2.91. The molecule has 1 aromatic carbocycles. The number of hydrogen-bond donors (Lipinski definition) is 2. The van der Waals surface area contributed by atoms with Crippen molar-refractivity contribution < 1.29 is 4.74 Å². The van der Waals surface area contributed by atoms with Gasteiger partial charge in [-0.1, -0.05) is 19.1 Å². The number of para-hydroxylation sites is 2. The lowest BCUT2D eigenvalue weighted by atomic mass is 10.1. The molecular weight excluding hydrogens is 483 g/mol. The van der Waals surface area contributed by atoms with Gasteiger partial charge in [0.1, 0.15) is 5.75 Å². The number of anilines is 1. The maximum absolute atomic E-state index is 5.51. The van der Waals surface area contributed by atoms with Gasteiger partial charge in [-0.3, -0.25) is 4.99 Å². The van der Waals surface area contributed by atoms with E-state index in [0.29, 0.717) is 11.8 Å². The minimum absolute atomic E-state index is 0. The number of methoxy groups -OCH3 is 1. The maximum Gasteiger partial charge on any atom is 0.191 e. The van der Waals surface area contributed by atoms with Crippen LogP contribution >= 0.6 is 35.3 Å². The van der Waals surface area contributed by atoms with Crippen LogP contribution in [0.2, 0.25) is 0 Å². The van der Waals surface area contributed by atoms with Crippen molar-refractivity contribution in [2.75, 3.05) is 45.2 Å². The molecule has 2 unspecified atom stereocenters. The van der Waals surface area contributed by atoms with E-state index >= 15 is 0 Å². The smallest absolute Gasteiger partial charge is 0.191 e. The fourth-order valence-electron chi connectivity index (χ4n) is 3.49. The average Bonchev–Trinajstić information content (AvgIpc) is 3.40. The van der Waals surface area contributed by atoms with Crippen LogP contribution in [0, 0.1) is 5.92 Å². The molecule has 0 radical (unpaired) electrons. The van der Waals surface area contributed by atoms with Crippen LogP contribution in [-0.2, 0) is 0 Å². The van der Waals surface area contributed by atoms with Crippen molar-refractivity contribution >= 4 is 47.0 Å². The molecule has 1 fully saturated rings. The first-order valence-electron chi connectivity index (χ1n) is 9.55. The van der Waals surface area contributed by atoms with Crippen molar-refractivity contribution in [2.24, 2.45) is 10.9 Å². The number of nitrogens with one attached hydrogen (secondary N) is 2. The third-order valence-corrected chi connectivity index (χ3v) is 5.88. The van der Waals surface area contributed by atoms with Crippen molar-refractivity contribution in [3.63, 3.8) is 0 Å². The van der Waals surface area contributed by atoms with Gasteiger partial charge in [0.25, 0.3) is 0 Å². The van der Waals surface area contributed by atoms with Crippen molar-refractivity contribution in [1.82, 2.24) is 10.6 Å². The predicted molar refractivity (Wildman–Crippen MR) is 131 cm³/mol. The number of guanidine groups is 1. The van der Waals surface area contributed by atoms with E-state index < -0.39 is 0 Å². The Morgan fingerprint density at radius 1 is 1.32 bits per heavy atom. The molecule has 7 heteroatoms. The van der Waals surface area contributed by atoms with Gasteiger partial charge in [-0.2, -0.15) is 11.3 Å². The highest BCUT2D eigenvalue weighted by Gasteiger charge is 2.24. The Kier molecular flexibility index (Phi) is 9.37. The summed E-state index contributed by atoms with van der Waals surface area (Å²) in [5.41, 5.74) is 2.57. The summed E-state index contributed by atoms with van der Waals surface area (Å²) >= 11 is 1.75. The Hall–Kier alpha value is -1.48. The van der Waals surface area contributed by atoms with E-state index in [1.807, 2.05) is 19.2 Å². The lowest BCUT2D eigenvalue weighted by Gasteiger charge is -2.21. The summed E-state index contributed by atoms with van der Waals surface area (Å²) in [5, 5.41) is 11.3. The topological polar surface area (TPSA) is 48.9 Å². The molecule has 1 aliphatic rings. The zero-order valence-electron chi connectivity index (χ0n) is 16.9. The third-order valence-electron chi connectivity index (χ3n) is 5.18. The summed E-state index contributed by atoms with van der Waals surface area (Å²) in [6, 6.07) is 10.5. The summed E-state index contributed by atoms with van der Waals surface area (Å²) in [6.07, 6.45) is 1.17. The molecule has 0 bridgehead atoms. The van der Waals surface area contributed by atoms with Gasteiger partial charge in [-0.25, -0.2) is 0 Å². The lowest BCUT2D eigenvalue weighted by molar-refractivity contribution is 0.414. The van der Waals surface area contributed by atoms with Crippen molar-refractivity contribution in [3.8, 4) is 5.75 Å². The van der Waals surface area contributed by atoms with E-state index in [9.17, 15) is 0 Å². The Balaban J connectivity index is 0.00000280. The van der Waals surface area contributed by atoms with Gasteiger partial charge in [0.2, 0.25) is 0 Å². The van der Waals surface area contributed by atoms with Gasteiger partial charge in [0.15, 0.2) is 5.96 Å². The van der Waals surface area contributed by atoms with Crippen LogP contribution in [0.25, 0.3) is 0 Å². The second-order valence-electron chi connectivity index (χ2n) is 7.06. The number of thiophene rings is 1. The Bertz CT molecular complexity index is 738. The van der Waals surface area contributed by atoms with Crippen LogP contribution in [-0.4, -0.2) is 46.3 Å². The van der Waals surface area contributed by atoms with Gasteiger partial charge in [0, 0.05) is 33.2 Å². The fraction of sp³-hybridized carbons (Fsp3) is 0.476. The average molecular weight is 514 g/mol. The van der Waals surface area contributed by atoms with Gasteiger partial charge in [-0.05, 0) is 52.8 Å². The largest absolute Gasteiger partial charge is 0.495 e. The Morgan fingerprint density at radius 2 is 2.14 bits per heavy atom. The molecule has 5 nitrogen and oxygen atoms in total. The van der Waals surface area contributed by atoms with Crippen molar-refractivity contribution in [2.45, 2.75) is 19.3 Å². The molecule has 28 heavy (non-hydrogen) atoms. The molecular formula is C21H31IN4OS. The Morgan fingerprint density at radius 3 is 2.86 bits per heavy atom. The minimum atomic E-state index is 0. The molecule has 154 valence electrons. The van der Waals surface area contributed by atoms with Crippen LogP contribution < -0.4 is 20.3 Å². The summed E-state index contributed by atoms with van der Waals surface area (Å²) in [7, 11) is 3.57. The van der Waals surface area contributed by atoms with Crippen LogP contribution in [0.15, 0.2) is 46.1 Å². The van der Waals surface area contributed by atoms with Crippen molar-refractivity contribution in [3.05, 3.63) is 46.7 Å². The third kappa shape index (κ3) is 6.01. The van der Waals surface area contributed by atoms with E-state index in [0.717, 1.165) is 37.9 Å². The van der Waals surface area contributed by atoms with Crippen LogP contribution in [0.1, 0.15) is 24.8 Å². The second kappa shape index (κ2) is 11.5. The van der Waals surface area contributed by atoms with E-state index in [2.05, 4.69) is 56.4 Å². The molecule has 0 aliphatic carbocycles. The number of aliphatic imine (C=N–C) groups is 1. The SMILES string of the molecule is CN=C(NCC1CCN(c2ccccc2OC)C1)NCC(C)c1ccsc1.I. The number of nitrogens with zero attached hydrogens (tertiary/aromatic N) is 2. The van der Waals surface area contributed by atoms with Crippen LogP contribution in [0.4, 0.5) is 5.69 Å². The molecule has 0 saturated carbocycles. The fourth-order valence-corrected chi connectivity index (χ4v) is 4.28. The molecule has 0 spiro atoms. The van der Waals surface area contributed by atoms with Crippen molar-refractivity contribution in [1.29, 1.82) is 0 Å². The van der Waals surface area contributed by atoms with Gasteiger partial charge >= 0.3 is 0 Å². The molecule has 2 atom stereocenters. The number of benzene rings is 1. The first-order chi connectivity index (χ1) is 13.2. The zero-order valence-corrected chi connectivity index (χ0v) is 20.0. The molecule has 2 aromatic rings. The maximum atomic E-state index is 5.51. The first-order valence-corrected chi connectivity index (χ1v) is 10.5. The first kappa shape index (κ1) is 22.8. The second-order valence-corrected chi connectivity index (χ2v) is 7.84. The quantitative estimate of drug-likeness (QED) is 0.331. The highest BCUT2D eigenvalue weighted by Crippen LogP contribution is 2.31. The number of ether oxygens (including phenoxy) is 1. The highest BCUT2D eigenvalue weighted by molar-refractivity contribution is 14.0.